The predicted octanol–water partition coefficient (Wildman–Crippen LogP) is 4.01. The number of fused-ring (bicyclic) bond motifs is 1. The Balaban J connectivity index is 1.72. The van der Waals surface area contributed by atoms with Gasteiger partial charge in [0.2, 0.25) is 11.7 Å². The van der Waals surface area contributed by atoms with Crippen molar-refractivity contribution in [2.75, 3.05) is 21.3 Å². The van der Waals surface area contributed by atoms with Crippen molar-refractivity contribution in [3.8, 4) is 17.2 Å². The maximum atomic E-state index is 12.7. The normalized spacial score (nSPS) is 14.0. The van der Waals surface area contributed by atoms with Crippen molar-refractivity contribution in [1.29, 1.82) is 0 Å². The summed E-state index contributed by atoms with van der Waals surface area (Å²) in [6.45, 7) is 2.02. The van der Waals surface area contributed by atoms with E-state index in [4.69, 9.17) is 14.2 Å². The highest BCUT2D eigenvalue weighted by Crippen LogP contribution is 2.40. The van der Waals surface area contributed by atoms with Gasteiger partial charge in [-0.1, -0.05) is 24.3 Å². The summed E-state index contributed by atoms with van der Waals surface area (Å²) in [6, 6.07) is 10.2. The Morgan fingerprint density at radius 1 is 0.964 bits per heavy atom. The zero-order chi connectivity index (χ0) is 20.1. The topological polar surface area (TPSA) is 56.8 Å². The second kappa shape index (κ2) is 9.00. The first-order chi connectivity index (χ1) is 13.6. The van der Waals surface area contributed by atoms with Gasteiger partial charge in [-0.3, -0.25) is 4.79 Å². The molecule has 0 fully saturated rings. The molecule has 150 valence electrons. The van der Waals surface area contributed by atoms with Gasteiger partial charge in [-0.15, -0.1) is 0 Å². The number of carbonyl (C=O) groups is 1. The fourth-order valence-corrected chi connectivity index (χ4v) is 3.87. The minimum absolute atomic E-state index is 0.0501. The van der Waals surface area contributed by atoms with Crippen molar-refractivity contribution in [1.82, 2.24) is 5.32 Å². The molecule has 1 atom stereocenters. The zero-order valence-electron chi connectivity index (χ0n) is 17.1. The fraction of sp³-hybridized carbons (Fsp3) is 0.435. The molecule has 0 spiro atoms. The smallest absolute Gasteiger partial charge is 0.225 e. The zero-order valence-corrected chi connectivity index (χ0v) is 17.1. The molecule has 2 aromatic carbocycles. The molecule has 0 aliphatic heterocycles. The van der Waals surface area contributed by atoms with Crippen molar-refractivity contribution in [2.45, 2.75) is 45.1 Å². The molecule has 1 amide bonds. The molecule has 0 heterocycles. The highest BCUT2D eigenvalue weighted by molar-refractivity contribution is 5.80. The Morgan fingerprint density at radius 2 is 1.68 bits per heavy atom. The third kappa shape index (κ3) is 4.24. The van der Waals surface area contributed by atoms with Crippen LogP contribution in [0.3, 0.4) is 0 Å². The molecule has 5 heteroatoms. The van der Waals surface area contributed by atoms with E-state index in [0.717, 1.165) is 24.0 Å². The second-order valence-corrected chi connectivity index (χ2v) is 7.19. The van der Waals surface area contributed by atoms with E-state index in [1.54, 1.807) is 27.4 Å². The van der Waals surface area contributed by atoms with Gasteiger partial charge < -0.3 is 19.5 Å². The van der Waals surface area contributed by atoms with Crippen LogP contribution >= 0.6 is 0 Å². The van der Waals surface area contributed by atoms with E-state index in [2.05, 4.69) is 23.5 Å². The van der Waals surface area contributed by atoms with E-state index in [1.807, 2.05) is 13.0 Å². The first-order valence-electron chi connectivity index (χ1n) is 9.76. The molecular formula is C23H29NO4. The van der Waals surface area contributed by atoms with Gasteiger partial charge in [-0.05, 0) is 55.4 Å². The fourth-order valence-electron chi connectivity index (χ4n) is 3.87. The molecule has 0 bridgehead atoms. The molecule has 1 aliphatic carbocycles. The lowest BCUT2D eigenvalue weighted by Crippen LogP contribution is -2.28. The number of aryl methyl sites for hydroxylation is 2. The summed E-state index contributed by atoms with van der Waals surface area (Å²) in [5.74, 6) is 1.54. The average molecular weight is 383 g/mol. The Hall–Kier alpha value is -2.69. The Morgan fingerprint density at radius 3 is 2.36 bits per heavy atom. The summed E-state index contributed by atoms with van der Waals surface area (Å²) in [6.07, 6.45) is 5.02. The molecule has 0 unspecified atom stereocenters. The van der Waals surface area contributed by atoms with E-state index in [1.165, 1.54) is 24.0 Å². The van der Waals surface area contributed by atoms with Crippen LogP contribution in [0.1, 0.15) is 48.1 Å². The van der Waals surface area contributed by atoms with Crippen LogP contribution < -0.4 is 19.5 Å². The molecule has 5 nitrogen and oxygen atoms in total. The van der Waals surface area contributed by atoms with E-state index in [9.17, 15) is 4.79 Å². The lowest BCUT2D eigenvalue weighted by Gasteiger charge is -2.20. The summed E-state index contributed by atoms with van der Waals surface area (Å²) in [5.41, 5.74) is 4.78. The summed E-state index contributed by atoms with van der Waals surface area (Å²) in [7, 11) is 4.70. The van der Waals surface area contributed by atoms with Gasteiger partial charge in [0.1, 0.15) is 0 Å². The van der Waals surface area contributed by atoms with Gasteiger partial charge in [0.15, 0.2) is 11.5 Å². The summed E-state index contributed by atoms with van der Waals surface area (Å²) in [4.78, 5) is 12.7. The number of nitrogens with one attached hydrogen (secondary N) is 1. The highest BCUT2D eigenvalue weighted by Gasteiger charge is 2.19. The molecule has 1 aliphatic rings. The quantitative estimate of drug-likeness (QED) is 0.785. The van der Waals surface area contributed by atoms with Crippen LogP contribution in [-0.2, 0) is 24.1 Å². The van der Waals surface area contributed by atoms with Crippen molar-refractivity contribution >= 4 is 5.91 Å². The van der Waals surface area contributed by atoms with Crippen LogP contribution in [0.4, 0.5) is 0 Å². The van der Waals surface area contributed by atoms with E-state index < -0.39 is 0 Å². The number of hydrogen-bond acceptors (Lipinski definition) is 4. The number of ether oxygens (including phenoxy) is 3. The SMILES string of the molecule is COc1ccc(CC(=O)N[C@@H](C)c2ccc3c(c2)CCCC3)c(OC)c1OC. The molecule has 2 aromatic rings. The van der Waals surface area contributed by atoms with Gasteiger partial charge in [0, 0.05) is 5.56 Å². The number of hydrogen-bond donors (Lipinski definition) is 1. The molecular weight excluding hydrogens is 354 g/mol. The minimum atomic E-state index is -0.0595. The summed E-state index contributed by atoms with van der Waals surface area (Å²) < 4.78 is 16.2. The second-order valence-electron chi connectivity index (χ2n) is 7.19. The van der Waals surface area contributed by atoms with Crippen LogP contribution in [-0.4, -0.2) is 27.2 Å². The van der Waals surface area contributed by atoms with E-state index >= 15 is 0 Å². The summed E-state index contributed by atoms with van der Waals surface area (Å²) >= 11 is 0. The van der Waals surface area contributed by atoms with Crippen molar-refractivity contribution in [2.24, 2.45) is 0 Å². The first-order valence-corrected chi connectivity index (χ1v) is 9.76. The van der Waals surface area contributed by atoms with Crippen LogP contribution in [0.25, 0.3) is 0 Å². The predicted molar refractivity (Wildman–Crippen MR) is 109 cm³/mol. The standard InChI is InChI=1S/C23H29NO4/c1-15(17-10-9-16-7-5-6-8-18(16)13-17)24-21(25)14-19-11-12-20(26-2)23(28-4)22(19)27-3/h9-13,15H,5-8,14H2,1-4H3,(H,24,25)/t15-/m0/s1. The van der Waals surface area contributed by atoms with Gasteiger partial charge in [0.05, 0.1) is 33.8 Å². The average Bonchev–Trinajstić information content (AvgIpc) is 2.72. The lowest BCUT2D eigenvalue weighted by molar-refractivity contribution is -0.121. The third-order valence-corrected chi connectivity index (χ3v) is 5.39. The van der Waals surface area contributed by atoms with Crippen molar-refractivity contribution < 1.29 is 19.0 Å². The lowest BCUT2D eigenvalue weighted by atomic mass is 9.89. The van der Waals surface area contributed by atoms with Crippen LogP contribution in [0.15, 0.2) is 30.3 Å². The van der Waals surface area contributed by atoms with Gasteiger partial charge >= 0.3 is 0 Å². The van der Waals surface area contributed by atoms with E-state index in [0.29, 0.717) is 17.2 Å². The van der Waals surface area contributed by atoms with E-state index in [-0.39, 0.29) is 18.4 Å². The van der Waals surface area contributed by atoms with Crippen molar-refractivity contribution in [3.05, 3.63) is 52.6 Å². The third-order valence-electron chi connectivity index (χ3n) is 5.39. The van der Waals surface area contributed by atoms with Gasteiger partial charge in [-0.25, -0.2) is 0 Å². The molecule has 1 N–H and O–H groups in total. The maximum absolute atomic E-state index is 12.7. The highest BCUT2D eigenvalue weighted by atomic mass is 16.5. The number of rotatable bonds is 7. The van der Waals surface area contributed by atoms with Crippen LogP contribution in [0.5, 0.6) is 17.2 Å². The molecule has 0 aromatic heterocycles. The van der Waals surface area contributed by atoms with Crippen molar-refractivity contribution in [3.63, 3.8) is 0 Å². The van der Waals surface area contributed by atoms with Gasteiger partial charge in [0.25, 0.3) is 0 Å². The van der Waals surface area contributed by atoms with Crippen LogP contribution in [0.2, 0.25) is 0 Å². The monoisotopic (exact) mass is 383 g/mol. The number of methoxy groups -OCH3 is 3. The minimum Gasteiger partial charge on any atom is -0.493 e. The van der Waals surface area contributed by atoms with Crippen LogP contribution in [0, 0.1) is 0 Å². The molecule has 0 radical (unpaired) electrons. The first kappa shape index (κ1) is 20.1. The maximum Gasteiger partial charge on any atom is 0.225 e. The Kier molecular flexibility index (Phi) is 6.45. The molecule has 3 rings (SSSR count). The number of amides is 1. The Bertz CT molecular complexity index is 847. The number of carbonyl (C=O) groups excluding carboxylic acids is 1. The molecule has 28 heavy (non-hydrogen) atoms. The molecule has 0 saturated carbocycles. The molecule has 0 saturated heterocycles. The number of benzene rings is 2. The Labute approximate surface area is 167 Å². The largest absolute Gasteiger partial charge is 0.493 e. The summed E-state index contributed by atoms with van der Waals surface area (Å²) in [5, 5.41) is 3.10. The van der Waals surface area contributed by atoms with Gasteiger partial charge in [-0.2, -0.15) is 0 Å².